The lowest BCUT2D eigenvalue weighted by Crippen LogP contribution is -2.50. The van der Waals surface area contributed by atoms with E-state index in [0.717, 1.165) is 0 Å². The number of esters is 3. The number of rotatable bonds is 5. The molecule has 7 nitrogen and oxygen atoms in total. The molecule has 0 bridgehead atoms. The Morgan fingerprint density at radius 3 is 2.36 bits per heavy atom. The average molecular weight is 346 g/mol. The van der Waals surface area contributed by atoms with Crippen molar-refractivity contribution in [2.45, 2.75) is 37.8 Å². The predicted molar refractivity (Wildman–Crippen MR) is 84.6 cm³/mol. The zero-order valence-electron chi connectivity index (χ0n) is 13.8. The summed E-state index contributed by atoms with van der Waals surface area (Å²) in [6, 6.07) is 8.52. The van der Waals surface area contributed by atoms with Crippen LogP contribution in [0.2, 0.25) is 0 Å². The summed E-state index contributed by atoms with van der Waals surface area (Å²) in [6.07, 6.45) is 1.28. The Morgan fingerprint density at radius 2 is 1.72 bits per heavy atom. The number of hydrogen-bond acceptors (Lipinski definition) is 7. The minimum absolute atomic E-state index is 0.120. The van der Waals surface area contributed by atoms with Crippen LogP contribution in [0.5, 0.6) is 0 Å². The second-order valence-corrected chi connectivity index (χ2v) is 5.92. The summed E-state index contributed by atoms with van der Waals surface area (Å²) in [6.45, 7) is 2.40. The molecule has 1 aliphatic heterocycles. The lowest BCUT2D eigenvalue weighted by atomic mass is 9.89. The van der Waals surface area contributed by atoms with Gasteiger partial charge >= 0.3 is 17.9 Å². The fraction of sp³-hybridized carbons (Fsp3) is 0.389. The fourth-order valence-corrected chi connectivity index (χ4v) is 2.90. The van der Waals surface area contributed by atoms with Gasteiger partial charge in [0.15, 0.2) is 17.8 Å². The van der Waals surface area contributed by atoms with Crippen LogP contribution in [-0.4, -0.2) is 48.4 Å². The van der Waals surface area contributed by atoms with Gasteiger partial charge in [-0.1, -0.05) is 24.3 Å². The van der Waals surface area contributed by atoms with Crippen LogP contribution in [0.1, 0.15) is 24.2 Å². The highest BCUT2D eigenvalue weighted by Gasteiger charge is 2.67. The molecular formula is C18H18O7. The molecule has 0 saturated carbocycles. The summed E-state index contributed by atoms with van der Waals surface area (Å²) in [4.78, 5) is 34.9. The minimum atomic E-state index is -1.04. The lowest BCUT2D eigenvalue weighted by Gasteiger charge is -2.31. The Labute approximate surface area is 144 Å². The van der Waals surface area contributed by atoms with Gasteiger partial charge in [-0.15, -0.1) is 0 Å². The summed E-state index contributed by atoms with van der Waals surface area (Å²) in [5, 5.41) is 0. The lowest BCUT2D eigenvalue weighted by molar-refractivity contribution is -0.168. The minimum Gasteiger partial charge on any atom is -0.459 e. The first-order chi connectivity index (χ1) is 11.9. The topological polar surface area (TPSA) is 91.4 Å². The molecule has 25 heavy (non-hydrogen) atoms. The number of fused-ring (bicyclic) bond motifs is 1. The third-order valence-corrected chi connectivity index (χ3v) is 4.06. The van der Waals surface area contributed by atoms with Crippen molar-refractivity contribution in [3.63, 3.8) is 0 Å². The number of carbonyl (C=O) groups is 3. The molecule has 0 N–H and O–H groups in total. The van der Waals surface area contributed by atoms with Crippen LogP contribution in [-0.2, 0) is 28.5 Å². The molecule has 1 heterocycles. The number of ether oxygens (including phenoxy) is 4. The fourth-order valence-electron chi connectivity index (χ4n) is 2.90. The van der Waals surface area contributed by atoms with Crippen LogP contribution >= 0.6 is 0 Å². The molecule has 0 amide bonds. The maximum atomic E-state index is 12.1. The second-order valence-electron chi connectivity index (χ2n) is 5.92. The number of epoxide rings is 1. The van der Waals surface area contributed by atoms with Crippen molar-refractivity contribution in [3.8, 4) is 0 Å². The van der Waals surface area contributed by atoms with E-state index in [0.29, 0.717) is 5.56 Å². The van der Waals surface area contributed by atoms with E-state index in [-0.39, 0.29) is 12.7 Å². The molecule has 0 spiro atoms. The third kappa shape index (κ3) is 3.56. The summed E-state index contributed by atoms with van der Waals surface area (Å²) in [5.74, 6) is -1.56. The molecule has 0 radical (unpaired) electrons. The summed E-state index contributed by atoms with van der Waals surface area (Å²) >= 11 is 0. The molecule has 4 atom stereocenters. The van der Waals surface area contributed by atoms with Gasteiger partial charge in [0.2, 0.25) is 0 Å². The Hall–Kier alpha value is -2.67. The second kappa shape index (κ2) is 6.68. The van der Waals surface area contributed by atoms with Crippen molar-refractivity contribution < 1.29 is 33.3 Å². The van der Waals surface area contributed by atoms with E-state index < -0.39 is 35.7 Å². The molecule has 3 rings (SSSR count). The molecule has 1 saturated heterocycles. The standard InChI is InChI=1S/C18H18O7/c1-11(19)23-14-8-9-15-18(25-15,16(14)24-12(2)20)10-22-17(21)13-6-4-3-5-7-13/h3-9,14-16H,10H2,1-2H3/t14-,15+,16+,18+/m1/s1. The molecule has 2 aliphatic rings. The van der Waals surface area contributed by atoms with Gasteiger partial charge in [-0.2, -0.15) is 0 Å². The summed E-state index contributed by atoms with van der Waals surface area (Å²) in [5.41, 5.74) is -0.631. The first kappa shape index (κ1) is 17.2. The van der Waals surface area contributed by atoms with Crippen molar-refractivity contribution in [1.29, 1.82) is 0 Å². The highest BCUT2D eigenvalue weighted by Crippen LogP contribution is 2.47. The maximum Gasteiger partial charge on any atom is 0.338 e. The van der Waals surface area contributed by atoms with E-state index in [1.54, 1.807) is 42.5 Å². The zero-order chi connectivity index (χ0) is 18.0. The largest absolute Gasteiger partial charge is 0.459 e. The predicted octanol–water partition coefficient (Wildman–Crippen LogP) is 1.41. The van der Waals surface area contributed by atoms with Gasteiger partial charge in [0, 0.05) is 13.8 Å². The highest BCUT2D eigenvalue weighted by atomic mass is 16.7. The Morgan fingerprint density at radius 1 is 1.04 bits per heavy atom. The molecule has 7 heteroatoms. The molecule has 0 unspecified atom stereocenters. The van der Waals surface area contributed by atoms with Crippen LogP contribution in [0.4, 0.5) is 0 Å². The smallest absolute Gasteiger partial charge is 0.338 e. The molecule has 1 aromatic carbocycles. The van der Waals surface area contributed by atoms with Crippen molar-refractivity contribution in [2.24, 2.45) is 0 Å². The SMILES string of the molecule is CC(=O)O[C@@H]1C=C[C@@H]2O[C@]2(COC(=O)c2ccccc2)[C@H]1OC(C)=O. The van der Waals surface area contributed by atoms with Crippen molar-refractivity contribution in [2.75, 3.05) is 6.61 Å². The first-order valence-corrected chi connectivity index (χ1v) is 7.85. The van der Waals surface area contributed by atoms with Gasteiger partial charge in [0.1, 0.15) is 12.7 Å². The molecular weight excluding hydrogens is 328 g/mol. The Bertz CT molecular complexity index is 711. The van der Waals surface area contributed by atoms with Gasteiger partial charge in [-0.3, -0.25) is 9.59 Å². The van der Waals surface area contributed by atoms with E-state index in [1.165, 1.54) is 13.8 Å². The van der Waals surface area contributed by atoms with Crippen LogP contribution in [0, 0.1) is 0 Å². The molecule has 132 valence electrons. The number of carbonyl (C=O) groups excluding carboxylic acids is 3. The van der Waals surface area contributed by atoms with Crippen LogP contribution in [0.15, 0.2) is 42.5 Å². The highest BCUT2D eigenvalue weighted by molar-refractivity contribution is 5.89. The summed E-state index contributed by atoms with van der Waals surface area (Å²) in [7, 11) is 0. The maximum absolute atomic E-state index is 12.1. The van der Waals surface area contributed by atoms with E-state index >= 15 is 0 Å². The van der Waals surface area contributed by atoms with Crippen LogP contribution in [0.3, 0.4) is 0 Å². The number of benzene rings is 1. The van der Waals surface area contributed by atoms with Crippen molar-refractivity contribution >= 4 is 17.9 Å². The van der Waals surface area contributed by atoms with Crippen LogP contribution < -0.4 is 0 Å². The van der Waals surface area contributed by atoms with E-state index in [1.807, 2.05) is 0 Å². The first-order valence-electron chi connectivity index (χ1n) is 7.85. The molecule has 0 aromatic heterocycles. The van der Waals surface area contributed by atoms with Gasteiger partial charge in [0.25, 0.3) is 0 Å². The van der Waals surface area contributed by atoms with Crippen molar-refractivity contribution in [3.05, 3.63) is 48.0 Å². The Balaban J connectivity index is 1.74. The average Bonchev–Trinajstić information content (AvgIpc) is 3.30. The monoisotopic (exact) mass is 346 g/mol. The van der Waals surface area contributed by atoms with Gasteiger partial charge in [0.05, 0.1) is 5.56 Å². The third-order valence-electron chi connectivity index (χ3n) is 4.06. The molecule has 1 aliphatic carbocycles. The number of hydrogen-bond donors (Lipinski definition) is 0. The molecule has 1 aromatic rings. The van der Waals surface area contributed by atoms with Gasteiger partial charge in [-0.05, 0) is 18.2 Å². The van der Waals surface area contributed by atoms with Crippen molar-refractivity contribution in [1.82, 2.24) is 0 Å². The quantitative estimate of drug-likeness (QED) is 0.344. The molecule has 1 fully saturated rings. The van der Waals surface area contributed by atoms with Gasteiger partial charge in [-0.25, -0.2) is 4.79 Å². The van der Waals surface area contributed by atoms with Crippen LogP contribution in [0.25, 0.3) is 0 Å². The van der Waals surface area contributed by atoms with Gasteiger partial charge < -0.3 is 18.9 Å². The summed E-state index contributed by atoms with van der Waals surface area (Å²) < 4.78 is 21.5. The van der Waals surface area contributed by atoms with E-state index in [9.17, 15) is 14.4 Å². The Kier molecular flexibility index (Phi) is 4.59. The normalized spacial score (nSPS) is 29.3. The zero-order valence-corrected chi connectivity index (χ0v) is 13.8. The van der Waals surface area contributed by atoms with E-state index in [4.69, 9.17) is 18.9 Å². The van der Waals surface area contributed by atoms with E-state index in [2.05, 4.69) is 0 Å².